The van der Waals surface area contributed by atoms with E-state index in [1.807, 2.05) is 24.3 Å². The van der Waals surface area contributed by atoms with E-state index in [0.717, 1.165) is 22.2 Å². The molecule has 0 aliphatic heterocycles. The van der Waals surface area contributed by atoms with Crippen molar-refractivity contribution in [2.45, 2.75) is 0 Å². The van der Waals surface area contributed by atoms with E-state index >= 15 is 0 Å². The molecule has 3 aromatic rings. The molecule has 0 amide bonds. The van der Waals surface area contributed by atoms with E-state index in [4.69, 9.17) is 4.42 Å². The van der Waals surface area contributed by atoms with Gasteiger partial charge in [0.15, 0.2) is 11.6 Å². The molecule has 1 nitrogen and oxygen atoms in total. The summed E-state index contributed by atoms with van der Waals surface area (Å²) >= 11 is 3.36. The molecule has 0 radical (unpaired) electrons. The first-order chi connectivity index (χ1) is 8.63. The minimum Gasteiger partial charge on any atom is -0.456 e. The van der Waals surface area contributed by atoms with E-state index in [9.17, 15) is 8.78 Å². The summed E-state index contributed by atoms with van der Waals surface area (Å²) in [5, 5.41) is 0.545. The van der Waals surface area contributed by atoms with Crippen LogP contribution in [0.1, 0.15) is 0 Å². The summed E-state index contributed by atoms with van der Waals surface area (Å²) in [5.41, 5.74) is 1.19. The van der Waals surface area contributed by atoms with Crippen LogP contribution < -0.4 is 0 Å². The maximum atomic E-state index is 13.1. The second kappa shape index (κ2) is 4.21. The standard InChI is InChI=1S/C14H7BrF2O/c15-10-3-1-2-8(4-10)13-6-9-5-11(16)12(17)7-14(9)18-13/h1-7H. The van der Waals surface area contributed by atoms with Gasteiger partial charge in [-0.05, 0) is 24.3 Å². The number of fused-ring (bicyclic) bond motifs is 1. The lowest BCUT2D eigenvalue weighted by molar-refractivity contribution is 0.507. The van der Waals surface area contributed by atoms with Gasteiger partial charge in [-0.25, -0.2) is 8.78 Å². The topological polar surface area (TPSA) is 13.1 Å². The van der Waals surface area contributed by atoms with Gasteiger partial charge in [0.2, 0.25) is 0 Å². The van der Waals surface area contributed by atoms with E-state index in [2.05, 4.69) is 15.9 Å². The van der Waals surface area contributed by atoms with Crippen LogP contribution in [0, 0.1) is 11.6 Å². The second-order valence-electron chi connectivity index (χ2n) is 3.93. The van der Waals surface area contributed by atoms with Crippen LogP contribution in [0.2, 0.25) is 0 Å². The van der Waals surface area contributed by atoms with Gasteiger partial charge in [0, 0.05) is 21.5 Å². The van der Waals surface area contributed by atoms with Crippen molar-refractivity contribution >= 4 is 26.9 Å². The Balaban J connectivity index is 2.19. The lowest BCUT2D eigenvalue weighted by Gasteiger charge is -1.96. The number of furan rings is 1. The summed E-state index contributed by atoms with van der Waals surface area (Å²) in [4.78, 5) is 0. The summed E-state index contributed by atoms with van der Waals surface area (Å²) in [6.07, 6.45) is 0. The highest BCUT2D eigenvalue weighted by atomic mass is 79.9. The molecule has 90 valence electrons. The molecule has 18 heavy (non-hydrogen) atoms. The fourth-order valence-electron chi connectivity index (χ4n) is 1.82. The van der Waals surface area contributed by atoms with Gasteiger partial charge < -0.3 is 4.42 Å². The van der Waals surface area contributed by atoms with Crippen LogP contribution in [0.25, 0.3) is 22.3 Å². The van der Waals surface area contributed by atoms with Crippen LogP contribution in [-0.4, -0.2) is 0 Å². The number of halogens is 3. The third kappa shape index (κ3) is 1.93. The van der Waals surface area contributed by atoms with Crippen molar-refractivity contribution < 1.29 is 13.2 Å². The molecule has 1 heterocycles. The van der Waals surface area contributed by atoms with Gasteiger partial charge in [0.25, 0.3) is 0 Å². The molecule has 0 fully saturated rings. The second-order valence-corrected chi connectivity index (χ2v) is 4.84. The van der Waals surface area contributed by atoms with Gasteiger partial charge >= 0.3 is 0 Å². The molecule has 0 atom stereocenters. The fourth-order valence-corrected chi connectivity index (χ4v) is 2.22. The Morgan fingerprint density at radius 1 is 0.944 bits per heavy atom. The van der Waals surface area contributed by atoms with Crippen molar-refractivity contribution in [1.29, 1.82) is 0 Å². The molecule has 1 aromatic heterocycles. The fraction of sp³-hybridized carbons (Fsp3) is 0. The molecule has 0 aliphatic rings. The molecule has 0 N–H and O–H groups in total. The van der Waals surface area contributed by atoms with Crippen LogP contribution in [0.4, 0.5) is 8.78 Å². The minimum absolute atomic E-state index is 0.337. The van der Waals surface area contributed by atoms with E-state index in [-0.39, 0.29) is 0 Å². The molecular formula is C14H7BrF2O. The van der Waals surface area contributed by atoms with Crippen molar-refractivity contribution in [1.82, 2.24) is 0 Å². The number of benzene rings is 2. The number of rotatable bonds is 1. The molecule has 0 aliphatic carbocycles. The van der Waals surface area contributed by atoms with Crippen molar-refractivity contribution in [3.63, 3.8) is 0 Å². The number of hydrogen-bond donors (Lipinski definition) is 0. The zero-order valence-electron chi connectivity index (χ0n) is 9.08. The van der Waals surface area contributed by atoms with Gasteiger partial charge in [-0.2, -0.15) is 0 Å². The first-order valence-corrected chi connectivity index (χ1v) is 6.07. The summed E-state index contributed by atoms with van der Waals surface area (Å²) in [7, 11) is 0. The van der Waals surface area contributed by atoms with Crippen molar-refractivity contribution in [2.24, 2.45) is 0 Å². The molecule has 0 spiro atoms. The van der Waals surface area contributed by atoms with Gasteiger partial charge in [-0.15, -0.1) is 0 Å². The summed E-state index contributed by atoms with van der Waals surface area (Å²) in [6.45, 7) is 0. The average molecular weight is 309 g/mol. The molecule has 2 aromatic carbocycles. The molecule has 4 heteroatoms. The molecule has 0 bridgehead atoms. The van der Waals surface area contributed by atoms with Crippen molar-refractivity contribution in [3.05, 3.63) is 58.6 Å². The van der Waals surface area contributed by atoms with Gasteiger partial charge in [-0.3, -0.25) is 0 Å². The Labute approximate surface area is 110 Å². The van der Waals surface area contributed by atoms with Crippen LogP contribution in [0.15, 0.2) is 51.4 Å². The zero-order chi connectivity index (χ0) is 12.7. The van der Waals surface area contributed by atoms with Gasteiger partial charge in [0.05, 0.1) is 0 Å². The zero-order valence-corrected chi connectivity index (χ0v) is 10.7. The predicted octanol–water partition coefficient (Wildman–Crippen LogP) is 5.14. The highest BCUT2D eigenvalue weighted by Gasteiger charge is 2.10. The van der Waals surface area contributed by atoms with Crippen molar-refractivity contribution in [2.75, 3.05) is 0 Å². The smallest absolute Gasteiger partial charge is 0.162 e. The van der Waals surface area contributed by atoms with E-state index in [1.165, 1.54) is 0 Å². The Bertz CT molecular complexity index is 695. The van der Waals surface area contributed by atoms with Crippen LogP contribution in [-0.2, 0) is 0 Å². The highest BCUT2D eigenvalue weighted by molar-refractivity contribution is 9.10. The lowest BCUT2D eigenvalue weighted by Crippen LogP contribution is -1.80. The Kier molecular flexibility index (Phi) is 2.67. The van der Waals surface area contributed by atoms with Crippen molar-refractivity contribution in [3.8, 4) is 11.3 Å². The van der Waals surface area contributed by atoms with E-state index in [1.54, 1.807) is 6.07 Å². The molecule has 0 saturated heterocycles. The molecular weight excluding hydrogens is 302 g/mol. The average Bonchev–Trinajstić information content (AvgIpc) is 2.73. The predicted molar refractivity (Wildman–Crippen MR) is 69.3 cm³/mol. The Morgan fingerprint density at radius 3 is 2.50 bits per heavy atom. The molecule has 0 unspecified atom stereocenters. The maximum Gasteiger partial charge on any atom is 0.162 e. The Morgan fingerprint density at radius 2 is 1.72 bits per heavy atom. The SMILES string of the molecule is Fc1cc2cc(-c3cccc(Br)c3)oc2cc1F. The summed E-state index contributed by atoms with van der Waals surface area (Å²) in [5.74, 6) is -1.20. The largest absolute Gasteiger partial charge is 0.456 e. The number of hydrogen-bond acceptors (Lipinski definition) is 1. The highest BCUT2D eigenvalue weighted by Crippen LogP contribution is 2.30. The normalized spacial score (nSPS) is 11.1. The minimum atomic E-state index is -0.905. The van der Waals surface area contributed by atoms with Gasteiger partial charge in [0.1, 0.15) is 11.3 Å². The van der Waals surface area contributed by atoms with Crippen LogP contribution in [0.3, 0.4) is 0 Å². The van der Waals surface area contributed by atoms with Crippen LogP contribution >= 0.6 is 15.9 Å². The van der Waals surface area contributed by atoms with Crippen LogP contribution in [0.5, 0.6) is 0 Å². The summed E-state index contributed by atoms with van der Waals surface area (Å²) in [6, 6.07) is 11.4. The molecule has 3 rings (SSSR count). The summed E-state index contributed by atoms with van der Waals surface area (Å²) < 4.78 is 32.6. The first kappa shape index (κ1) is 11.4. The lowest BCUT2D eigenvalue weighted by atomic mass is 10.1. The van der Waals surface area contributed by atoms with E-state index in [0.29, 0.717) is 16.7 Å². The van der Waals surface area contributed by atoms with Gasteiger partial charge in [-0.1, -0.05) is 28.1 Å². The maximum absolute atomic E-state index is 13.1. The third-order valence-electron chi connectivity index (χ3n) is 2.67. The quantitative estimate of drug-likeness (QED) is 0.606. The third-order valence-corrected chi connectivity index (χ3v) is 3.16. The Hall–Kier alpha value is -1.68. The monoisotopic (exact) mass is 308 g/mol. The van der Waals surface area contributed by atoms with E-state index < -0.39 is 11.6 Å². The first-order valence-electron chi connectivity index (χ1n) is 5.28. The molecule has 0 saturated carbocycles.